The Morgan fingerprint density at radius 3 is 2.80 bits per heavy atom. The van der Waals surface area contributed by atoms with Crippen LogP contribution in [-0.2, 0) is 6.54 Å². The van der Waals surface area contributed by atoms with E-state index < -0.39 is 0 Å². The molecule has 1 aromatic rings. The fraction of sp³-hybridized carbons (Fsp3) is 0.417. The lowest BCUT2D eigenvalue weighted by Crippen LogP contribution is -2.29. The molecular formula is C12H15FN2. The summed E-state index contributed by atoms with van der Waals surface area (Å²) in [6.45, 7) is 2.57. The molecule has 0 aliphatic rings. The monoisotopic (exact) mass is 206 g/mol. The standard InChI is InChI=1S/C12H15FN2/c1-3-12(8-14)15(2)9-10-5-4-6-11(13)7-10/h4-7,12H,3,9H2,1-2H3. The highest BCUT2D eigenvalue weighted by Crippen LogP contribution is 2.09. The Hall–Kier alpha value is -1.40. The van der Waals surface area contributed by atoms with Crippen molar-refractivity contribution in [3.63, 3.8) is 0 Å². The summed E-state index contributed by atoms with van der Waals surface area (Å²) in [5.41, 5.74) is 0.895. The first-order valence-electron chi connectivity index (χ1n) is 5.01. The van der Waals surface area contributed by atoms with Gasteiger partial charge >= 0.3 is 0 Å². The third kappa shape index (κ3) is 3.34. The molecule has 15 heavy (non-hydrogen) atoms. The fourth-order valence-corrected chi connectivity index (χ4v) is 1.54. The third-order valence-electron chi connectivity index (χ3n) is 2.39. The summed E-state index contributed by atoms with van der Waals surface area (Å²) in [7, 11) is 1.88. The van der Waals surface area contributed by atoms with Gasteiger partial charge in [0.15, 0.2) is 0 Å². The summed E-state index contributed by atoms with van der Waals surface area (Å²) in [6, 6.07) is 8.59. The van der Waals surface area contributed by atoms with Crippen LogP contribution in [0.25, 0.3) is 0 Å². The zero-order chi connectivity index (χ0) is 11.3. The van der Waals surface area contributed by atoms with Gasteiger partial charge in [-0.05, 0) is 31.2 Å². The number of rotatable bonds is 4. The normalized spacial score (nSPS) is 12.5. The lowest BCUT2D eigenvalue weighted by atomic mass is 10.1. The lowest BCUT2D eigenvalue weighted by Gasteiger charge is -2.21. The van der Waals surface area contributed by atoms with Crippen molar-refractivity contribution in [2.45, 2.75) is 25.9 Å². The topological polar surface area (TPSA) is 27.0 Å². The van der Waals surface area contributed by atoms with E-state index in [9.17, 15) is 4.39 Å². The van der Waals surface area contributed by atoms with E-state index in [1.807, 2.05) is 24.9 Å². The van der Waals surface area contributed by atoms with Crippen molar-refractivity contribution >= 4 is 0 Å². The predicted octanol–water partition coefficient (Wildman–Crippen LogP) is 2.56. The molecule has 2 nitrogen and oxygen atoms in total. The van der Waals surface area contributed by atoms with Crippen LogP contribution in [-0.4, -0.2) is 18.0 Å². The van der Waals surface area contributed by atoms with Crippen LogP contribution in [0.5, 0.6) is 0 Å². The summed E-state index contributed by atoms with van der Waals surface area (Å²) >= 11 is 0. The molecule has 0 aliphatic heterocycles. The van der Waals surface area contributed by atoms with Crippen molar-refractivity contribution in [2.24, 2.45) is 0 Å². The van der Waals surface area contributed by atoms with Gasteiger partial charge in [0, 0.05) is 6.54 Å². The summed E-state index contributed by atoms with van der Waals surface area (Å²) < 4.78 is 12.9. The molecule has 0 spiro atoms. The first-order valence-corrected chi connectivity index (χ1v) is 5.01. The molecule has 1 aromatic carbocycles. The molecule has 0 aliphatic carbocycles. The van der Waals surface area contributed by atoms with Crippen LogP contribution in [0.3, 0.4) is 0 Å². The predicted molar refractivity (Wildman–Crippen MR) is 57.6 cm³/mol. The van der Waals surface area contributed by atoms with Gasteiger partial charge in [0.25, 0.3) is 0 Å². The fourth-order valence-electron chi connectivity index (χ4n) is 1.54. The minimum atomic E-state index is -0.231. The van der Waals surface area contributed by atoms with Crippen LogP contribution in [0.2, 0.25) is 0 Å². The van der Waals surface area contributed by atoms with Crippen molar-refractivity contribution in [1.29, 1.82) is 5.26 Å². The second-order valence-electron chi connectivity index (χ2n) is 3.60. The van der Waals surface area contributed by atoms with Gasteiger partial charge in [-0.1, -0.05) is 19.1 Å². The minimum absolute atomic E-state index is 0.103. The first-order chi connectivity index (χ1) is 7.17. The van der Waals surface area contributed by atoms with E-state index in [4.69, 9.17) is 5.26 Å². The molecule has 0 aromatic heterocycles. The van der Waals surface area contributed by atoms with Crippen molar-refractivity contribution in [1.82, 2.24) is 4.90 Å². The van der Waals surface area contributed by atoms with Gasteiger partial charge in [-0.3, -0.25) is 4.90 Å². The summed E-state index contributed by atoms with van der Waals surface area (Å²) in [4.78, 5) is 1.93. The number of hydrogen-bond acceptors (Lipinski definition) is 2. The highest BCUT2D eigenvalue weighted by Gasteiger charge is 2.11. The molecule has 1 unspecified atom stereocenters. The van der Waals surface area contributed by atoms with Crippen molar-refractivity contribution in [3.05, 3.63) is 35.6 Å². The average Bonchev–Trinajstić information content (AvgIpc) is 2.19. The van der Waals surface area contributed by atoms with E-state index in [1.54, 1.807) is 6.07 Å². The Labute approximate surface area is 89.9 Å². The number of nitriles is 1. The Balaban J connectivity index is 2.66. The van der Waals surface area contributed by atoms with Crippen LogP contribution >= 0.6 is 0 Å². The molecule has 1 rings (SSSR count). The average molecular weight is 206 g/mol. The van der Waals surface area contributed by atoms with Gasteiger partial charge < -0.3 is 0 Å². The lowest BCUT2D eigenvalue weighted by molar-refractivity contribution is 0.273. The smallest absolute Gasteiger partial charge is 0.123 e. The zero-order valence-electron chi connectivity index (χ0n) is 9.07. The minimum Gasteiger partial charge on any atom is -0.287 e. The quantitative estimate of drug-likeness (QED) is 0.757. The van der Waals surface area contributed by atoms with E-state index in [-0.39, 0.29) is 11.9 Å². The summed E-state index contributed by atoms with van der Waals surface area (Å²) in [6.07, 6.45) is 0.780. The van der Waals surface area contributed by atoms with E-state index in [1.165, 1.54) is 12.1 Å². The summed E-state index contributed by atoms with van der Waals surface area (Å²) in [5, 5.41) is 8.86. The maximum atomic E-state index is 12.9. The van der Waals surface area contributed by atoms with E-state index in [2.05, 4.69) is 6.07 Å². The van der Waals surface area contributed by atoms with Gasteiger partial charge in [-0.2, -0.15) is 5.26 Å². The van der Waals surface area contributed by atoms with Crippen LogP contribution in [0.15, 0.2) is 24.3 Å². The van der Waals surface area contributed by atoms with Gasteiger partial charge in [-0.15, -0.1) is 0 Å². The van der Waals surface area contributed by atoms with Gasteiger partial charge in [0.05, 0.1) is 12.1 Å². The summed E-state index contributed by atoms with van der Waals surface area (Å²) in [5.74, 6) is -0.231. The first kappa shape index (κ1) is 11.7. The van der Waals surface area contributed by atoms with E-state index >= 15 is 0 Å². The van der Waals surface area contributed by atoms with Crippen molar-refractivity contribution < 1.29 is 4.39 Å². The SMILES string of the molecule is CCC(C#N)N(C)Cc1cccc(F)c1. The molecule has 80 valence electrons. The van der Waals surface area contributed by atoms with Gasteiger partial charge in [0.2, 0.25) is 0 Å². The number of hydrogen-bond donors (Lipinski definition) is 0. The molecule has 0 saturated heterocycles. The molecule has 0 bridgehead atoms. The molecule has 1 atom stereocenters. The Kier molecular flexibility index (Phi) is 4.26. The number of benzene rings is 1. The van der Waals surface area contributed by atoms with E-state index in [0.29, 0.717) is 6.54 Å². The van der Waals surface area contributed by atoms with Crippen molar-refractivity contribution in [3.8, 4) is 6.07 Å². The second kappa shape index (κ2) is 5.47. The number of nitrogens with zero attached hydrogens (tertiary/aromatic N) is 2. The molecule has 0 saturated carbocycles. The van der Waals surface area contributed by atoms with Crippen molar-refractivity contribution in [2.75, 3.05) is 7.05 Å². The van der Waals surface area contributed by atoms with Crippen LogP contribution < -0.4 is 0 Å². The molecular weight excluding hydrogens is 191 g/mol. The largest absolute Gasteiger partial charge is 0.287 e. The second-order valence-corrected chi connectivity index (χ2v) is 3.60. The van der Waals surface area contributed by atoms with Crippen LogP contribution in [0, 0.1) is 17.1 Å². The maximum absolute atomic E-state index is 12.9. The van der Waals surface area contributed by atoms with Gasteiger partial charge in [-0.25, -0.2) is 4.39 Å². The highest BCUT2D eigenvalue weighted by molar-refractivity contribution is 5.16. The molecule has 3 heteroatoms. The Morgan fingerprint density at radius 2 is 2.27 bits per heavy atom. The molecule has 0 N–H and O–H groups in total. The Bertz CT molecular complexity index is 357. The van der Waals surface area contributed by atoms with E-state index in [0.717, 1.165) is 12.0 Å². The van der Waals surface area contributed by atoms with Crippen LogP contribution in [0.4, 0.5) is 4.39 Å². The van der Waals surface area contributed by atoms with Gasteiger partial charge in [0.1, 0.15) is 5.82 Å². The number of halogens is 1. The molecule has 0 radical (unpaired) electrons. The van der Waals surface area contributed by atoms with Crippen LogP contribution in [0.1, 0.15) is 18.9 Å². The highest BCUT2D eigenvalue weighted by atomic mass is 19.1. The molecule has 0 heterocycles. The third-order valence-corrected chi connectivity index (χ3v) is 2.39. The molecule has 0 fully saturated rings. The zero-order valence-corrected chi connectivity index (χ0v) is 9.07. The maximum Gasteiger partial charge on any atom is 0.123 e. The Morgan fingerprint density at radius 1 is 1.53 bits per heavy atom. The molecule has 0 amide bonds.